The zero-order valence-electron chi connectivity index (χ0n) is 12.7. The van der Waals surface area contributed by atoms with Crippen LogP contribution in [0.1, 0.15) is 48.7 Å². The molecule has 2 heteroatoms. The molecule has 1 heterocycles. The number of rotatable bonds is 6. The van der Waals surface area contributed by atoms with Gasteiger partial charge in [0.25, 0.3) is 0 Å². The van der Waals surface area contributed by atoms with E-state index in [1.54, 1.807) is 0 Å². The summed E-state index contributed by atoms with van der Waals surface area (Å²) in [5.74, 6) is 0. The van der Waals surface area contributed by atoms with Crippen molar-refractivity contribution in [1.82, 2.24) is 10.3 Å². The molecule has 0 amide bonds. The minimum atomic E-state index is 0.183. The standard InChI is InChI=1S/C18H24N2/c1-4-11-19-18(17-14(3)8-7-12-20-17)16-10-6-9-15(5-2)13-16/h6-10,12-13,18-19H,4-5,11H2,1-3H3. The molecule has 20 heavy (non-hydrogen) atoms. The Bertz CT molecular complexity index is 549. The maximum atomic E-state index is 4.60. The Morgan fingerprint density at radius 1 is 1.15 bits per heavy atom. The van der Waals surface area contributed by atoms with E-state index in [2.05, 4.69) is 61.4 Å². The number of nitrogens with one attached hydrogen (secondary N) is 1. The van der Waals surface area contributed by atoms with Gasteiger partial charge in [0, 0.05) is 6.20 Å². The van der Waals surface area contributed by atoms with Gasteiger partial charge in [-0.1, -0.05) is 44.2 Å². The molecule has 0 saturated heterocycles. The quantitative estimate of drug-likeness (QED) is 0.855. The Kier molecular flexibility index (Phi) is 5.31. The topological polar surface area (TPSA) is 24.9 Å². The first-order valence-corrected chi connectivity index (χ1v) is 7.50. The lowest BCUT2D eigenvalue weighted by Gasteiger charge is -2.21. The van der Waals surface area contributed by atoms with Crippen molar-refractivity contribution in [1.29, 1.82) is 0 Å². The molecular formula is C18H24N2. The lowest BCUT2D eigenvalue weighted by atomic mass is 9.97. The first-order chi connectivity index (χ1) is 9.76. The van der Waals surface area contributed by atoms with Gasteiger partial charge in [-0.3, -0.25) is 4.98 Å². The molecule has 1 N–H and O–H groups in total. The fourth-order valence-corrected chi connectivity index (χ4v) is 2.45. The van der Waals surface area contributed by atoms with Crippen LogP contribution in [-0.2, 0) is 6.42 Å². The normalized spacial score (nSPS) is 12.3. The van der Waals surface area contributed by atoms with E-state index in [0.29, 0.717) is 0 Å². The van der Waals surface area contributed by atoms with Gasteiger partial charge in [0.1, 0.15) is 0 Å². The van der Waals surface area contributed by atoms with E-state index in [1.165, 1.54) is 16.7 Å². The van der Waals surface area contributed by atoms with E-state index >= 15 is 0 Å². The number of benzene rings is 1. The summed E-state index contributed by atoms with van der Waals surface area (Å²) in [6, 6.07) is 13.1. The zero-order chi connectivity index (χ0) is 14.4. The van der Waals surface area contributed by atoms with Crippen LogP contribution in [0.15, 0.2) is 42.6 Å². The summed E-state index contributed by atoms with van der Waals surface area (Å²) < 4.78 is 0. The molecule has 2 rings (SSSR count). The Balaban J connectivity index is 2.38. The van der Waals surface area contributed by atoms with E-state index in [4.69, 9.17) is 0 Å². The van der Waals surface area contributed by atoms with E-state index in [1.807, 2.05) is 12.3 Å². The molecule has 2 aromatic rings. The van der Waals surface area contributed by atoms with E-state index < -0.39 is 0 Å². The molecule has 0 radical (unpaired) electrons. The predicted octanol–water partition coefficient (Wildman–Crippen LogP) is 4.04. The smallest absolute Gasteiger partial charge is 0.0754 e. The molecule has 106 valence electrons. The largest absolute Gasteiger partial charge is 0.305 e. The number of hydrogen-bond donors (Lipinski definition) is 1. The number of hydrogen-bond acceptors (Lipinski definition) is 2. The SMILES string of the molecule is CCCNC(c1cccc(CC)c1)c1ncccc1C. The fraction of sp³-hybridized carbons (Fsp3) is 0.389. The number of pyridine rings is 1. The van der Waals surface area contributed by atoms with Crippen molar-refractivity contribution < 1.29 is 0 Å². The Hall–Kier alpha value is -1.67. The third-order valence-electron chi connectivity index (χ3n) is 3.61. The number of nitrogens with zero attached hydrogens (tertiary/aromatic N) is 1. The second kappa shape index (κ2) is 7.20. The van der Waals surface area contributed by atoms with Crippen LogP contribution in [0.5, 0.6) is 0 Å². The molecule has 0 aliphatic carbocycles. The molecule has 0 aliphatic heterocycles. The summed E-state index contributed by atoms with van der Waals surface area (Å²) in [5, 5.41) is 3.63. The summed E-state index contributed by atoms with van der Waals surface area (Å²) in [5.41, 5.74) is 5.05. The first-order valence-electron chi connectivity index (χ1n) is 7.50. The maximum Gasteiger partial charge on any atom is 0.0754 e. The van der Waals surface area contributed by atoms with Crippen molar-refractivity contribution in [3.63, 3.8) is 0 Å². The molecule has 0 fully saturated rings. The zero-order valence-corrected chi connectivity index (χ0v) is 12.7. The lowest BCUT2D eigenvalue weighted by Crippen LogP contribution is -2.25. The van der Waals surface area contributed by atoms with Gasteiger partial charge in [-0.05, 0) is 49.1 Å². The second-order valence-electron chi connectivity index (χ2n) is 5.19. The van der Waals surface area contributed by atoms with Crippen LogP contribution < -0.4 is 5.32 Å². The third-order valence-corrected chi connectivity index (χ3v) is 3.61. The summed E-state index contributed by atoms with van der Waals surface area (Å²) in [4.78, 5) is 4.60. The van der Waals surface area contributed by atoms with Crippen LogP contribution in [0.25, 0.3) is 0 Å². The highest BCUT2D eigenvalue weighted by Gasteiger charge is 2.16. The molecule has 1 aromatic carbocycles. The van der Waals surface area contributed by atoms with Crippen molar-refractivity contribution in [3.8, 4) is 0 Å². The van der Waals surface area contributed by atoms with Crippen LogP contribution >= 0.6 is 0 Å². The predicted molar refractivity (Wildman–Crippen MR) is 84.9 cm³/mol. The molecule has 0 saturated carbocycles. The molecule has 0 bridgehead atoms. The number of aromatic nitrogens is 1. The third kappa shape index (κ3) is 3.45. The van der Waals surface area contributed by atoms with E-state index in [0.717, 1.165) is 25.1 Å². The minimum Gasteiger partial charge on any atom is -0.305 e. The van der Waals surface area contributed by atoms with Gasteiger partial charge in [-0.25, -0.2) is 0 Å². The van der Waals surface area contributed by atoms with Crippen molar-refractivity contribution in [3.05, 3.63) is 65.0 Å². The van der Waals surface area contributed by atoms with Crippen LogP contribution in [0.4, 0.5) is 0 Å². The molecular weight excluding hydrogens is 244 g/mol. The van der Waals surface area contributed by atoms with Gasteiger partial charge < -0.3 is 5.32 Å². The Morgan fingerprint density at radius 2 is 2.00 bits per heavy atom. The van der Waals surface area contributed by atoms with E-state index in [9.17, 15) is 0 Å². The van der Waals surface area contributed by atoms with Crippen molar-refractivity contribution in [2.45, 2.75) is 39.7 Å². The molecule has 2 nitrogen and oxygen atoms in total. The van der Waals surface area contributed by atoms with Gasteiger partial charge >= 0.3 is 0 Å². The summed E-state index contributed by atoms with van der Waals surface area (Å²) >= 11 is 0. The highest BCUT2D eigenvalue weighted by Crippen LogP contribution is 2.24. The van der Waals surface area contributed by atoms with Crippen molar-refractivity contribution in [2.24, 2.45) is 0 Å². The lowest BCUT2D eigenvalue weighted by molar-refractivity contribution is 0.583. The maximum absolute atomic E-state index is 4.60. The Morgan fingerprint density at radius 3 is 2.70 bits per heavy atom. The van der Waals surface area contributed by atoms with Gasteiger partial charge in [0.15, 0.2) is 0 Å². The van der Waals surface area contributed by atoms with Crippen LogP contribution in [-0.4, -0.2) is 11.5 Å². The molecule has 0 aliphatic rings. The fourth-order valence-electron chi connectivity index (χ4n) is 2.45. The monoisotopic (exact) mass is 268 g/mol. The van der Waals surface area contributed by atoms with Crippen LogP contribution in [0.3, 0.4) is 0 Å². The van der Waals surface area contributed by atoms with Crippen LogP contribution in [0, 0.1) is 6.92 Å². The summed E-state index contributed by atoms with van der Waals surface area (Å²) in [7, 11) is 0. The average molecular weight is 268 g/mol. The molecule has 1 aromatic heterocycles. The highest BCUT2D eigenvalue weighted by atomic mass is 14.9. The Labute approximate surface area is 122 Å². The first kappa shape index (κ1) is 14.7. The molecule has 1 unspecified atom stereocenters. The van der Waals surface area contributed by atoms with Crippen LogP contribution in [0.2, 0.25) is 0 Å². The van der Waals surface area contributed by atoms with Gasteiger partial charge in [-0.2, -0.15) is 0 Å². The second-order valence-corrected chi connectivity index (χ2v) is 5.19. The average Bonchev–Trinajstić information content (AvgIpc) is 2.49. The van der Waals surface area contributed by atoms with Crippen molar-refractivity contribution in [2.75, 3.05) is 6.54 Å². The number of aryl methyl sites for hydroxylation is 2. The van der Waals surface area contributed by atoms with E-state index in [-0.39, 0.29) is 6.04 Å². The molecule has 1 atom stereocenters. The van der Waals surface area contributed by atoms with Crippen molar-refractivity contribution >= 4 is 0 Å². The molecule has 0 spiro atoms. The van der Waals surface area contributed by atoms with Gasteiger partial charge in [0.05, 0.1) is 11.7 Å². The summed E-state index contributed by atoms with van der Waals surface area (Å²) in [6.45, 7) is 7.51. The summed E-state index contributed by atoms with van der Waals surface area (Å²) in [6.07, 6.45) is 4.07. The minimum absolute atomic E-state index is 0.183. The van der Waals surface area contributed by atoms with Gasteiger partial charge in [0.2, 0.25) is 0 Å². The highest BCUT2D eigenvalue weighted by molar-refractivity contribution is 5.34. The van der Waals surface area contributed by atoms with Gasteiger partial charge in [-0.15, -0.1) is 0 Å².